The van der Waals surface area contributed by atoms with E-state index >= 15 is 0 Å². The van der Waals surface area contributed by atoms with Gasteiger partial charge in [-0.25, -0.2) is 4.58 Å². The lowest BCUT2D eigenvalue weighted by Crippen LogP contribution is -2.25. The highest BCUT2D eigenvalue weighted by Crippen LogP contribution is 2.37. The molecule has 0 aliphatic heterocycles. The number of hydrogen-bond donors (Lipinski definition) is 0. The molecule has 0 spiro atoms. The maximum atomic E-state index is 2.57. The topological polar surface area (TPSA) is 15.7 Å². The Hall–Kier alpha value is -4.90. The molecule has 0 bridgehead atoms. The van der Waals surface area contributed by atoms with Crippen LogP contribution in [0, 0.1) is 0 Å². The molecule has 0 amide bonds. The van der Waals surface area contributed by atoms with Gasteiger partial charge in [-0.3, -0.25) is 0 Å². The third-order valence-corrected chi connectivity index (χ3v) is 11.5. The van der Waals surface area contributed by atoms with E-state index in [-0.39, 0.29) is 0 Å². The van der Waals surface area contributed by atoms with Crippen LogP contribution in [0.1, 0.15) is 119 Å². The van der Waals surface area contributed by atoms with Crippen LogP contribution in [0.3, 0.4) is 0 Å². The Morgan fingerprint density at radius 3 is 1.10 bits per heavy atom. The summed E-state index contributed by atoms with van der Waals surface area (Å²) in [4.78, 5) is 7.52. The van der Waals surface area contributed by atoms with E-state index in [1.165, 1.54) is 106 Å². The first kappa shape index (κ1) is 45.2. The number of hydrogen-bond acceptors (Lipinski definition) is 3. The number of allylic oxidation sites excluding steroid dienone is 4. The normalized spacial score (nSPS) is 12.2. The van der Waals surface area contributed by atoms with Crippen molar-refractivity contribution in [3.63, 3.8) is 0 Å². The van der Waals surface area contributed by atoms with Crippen LogP contribution in [-0.2, 0) is 0 Å². The van der Waals surface area contributed by atoms with Crippen molar-refractivity contribution >= 4 is 51.2 Å². The van der Waals surface area contributed by atoms with Crippen molar-refractivity contribution in [1.29, 1.82) is 0 Å². The summed E-state index contributed by atoms with van der Waals surface area (Å²) in [5, 5.41) is 0. The maximum absolute atomic E-state index is 2.57. The van der Waals surface area contributed by atoms with Gasteiger partial charge in [0.1, 0.15) is 13.1 Å². The van der Waals surface area contributed by atoms with Crippen LogP contribution < -0.4 is 19.3 Å². The van der Waals surface area contributed by atoms with Crippen LogP contribution in [0.5, 0.6) is 0 Å². The fourth-order valence-corrected chi connectivity index (χ4v) is 7.86. The lowest BCUT2D eigenvalue weighted by molar-refractivity contribution is -0.527. The Kier molecular flexibility index (Phi) is 19.1. The van der Waals surface area contributed by atoms with Gasteiger partial charge in [0.2, 0.25) is 17.1 Å². The highest BCUT2D eigenvalue weighted by atomic mass is 15.2. The number of para-hydroxylation sites is 1. The van der Waals surface area contributed by atoms with E-state index in [1.54, 1.807) is 0 Å². The predicted molar refractivity (Wildman–Crippen MR) is 261 cm³/mol. The van der Waals surface area contributed by atoms with E-state index in [1.807, 2.05) is 0 Å². The summed E-state index contributed by atoms with van der Waals surface area (Å²) >= 11 is 0. The van der Waals surface area contributed by atoms with Crippen molar-refractivity contribution < 1.29 is 4.58 Å². The summed E-state index contributed by atoms with van der Waals surface area (Å²) in [6.07, 6.45) is 23.8. The molecule has 1 aliphatic rings. The van der Waals surface area contributed by atoms with Gasteiger partial charge >= 0.3 is 0 Å². The molecule has 0 unspecified atom stereocenters. The van der Waals surface area contributed by atoms with Gasteiger partial charge in [-0.1, -0.05) is 98.3 Å². The first-order valence-corrected chi connectivity index (χ1v) is 23.3. The third kappa shape index (κ3) is 13.0. The Labute approximate surface area is 359 Å². The Balaban J connectivity index is 1.55. The fourth-order valence-electron chi connectivity index (χ4n) is 7.86. The SMILES string of the molecule is CCCCN(CCCC)c1ccc(N(c2ccccc2)c2ccc([N+](=C3C=CC(=[N+](CCCC)CCCC)C=C3)c3ccc(N(CCCC)CCCC)cc3)cc2)cc1. The zero-order valence-corrected chi connectivity index (χ0v) is 37.6. The lowest BCUT2D eigenvalue weighted by atomic mass is 10.1. The molecule has 0 fully saturated rings. The molecule has 5 heteroatoms. The molecule has 0 radical (unpaired) electrons. The summed E-state index contributed by atoms with van der Waals surface area (Å²) in [6, 6.07) is 38.5. The zero-order chi connectivity index (χ0) is 41.7. The molecule has 0 aromatic heterocycles. The molecule has 0 saturated heterocycles. The van der Waals surface area contributed by atoms with Crippen LogP contribution in [0.25, 0.3) is 0 Å². The third-order valence-electron chi connectivity index (χ3n) is 11.5. The molecule has 4 aromatic carbocycles. The monoisotopic (exact) mass is 794 g/mol. The van der Waals surface area contributed by atoms with E-state index in [2.05, 4.69) is 193 Å². The van der Waals surface area contributed by atoms with Crippen molar-refractivity contribution in [2.45, 2.75) is 119 Å². The second kappa shape index (κ2) is 24.9. The average molecular weight is 794 g/mol. The van der Waals surface area contributed by atoms with Crippen LogP contribution >= 0.6 is 0 Å². The molecule has 5 nitrogen and oxygen atoms in total. The first-order chi connectivity index (χ1) is 29.0. The lowest BCUT2D eigenvalue weighted by Gasteiger charge is -2.28. The molecule has 0 atom stereocenters. The first-order valence-electron chi connectivity index (χ1n) is 23.3. The minimum absolute atomic E-state index is 1.10. The molecule has 314 valence electrons. The molecule has 0 saturated carbocycles. The van der Waals surface area contributed by atoms with Crippen molar-refractivity contribution in [3.8, 4) is 0 Å². The highest BCUT2D eigenvalue weighted by molar-refractivity contribution is 6.18. The van der Waals surface area contributed by atoms with Crippen LogP contribution in [0.2, 0.25) is 0 Å². The largest absolute Gasteiger partial charge is 0.372 e. The fraction of sp³-hybridized carbons (Fsp3) is 0.444. The second-order valence-electron chi connectivity index (χ2n) is 16.2. The molecule has 0 N–H and O–H groups in total. The maximum Gasteiger partial charge on any atom is 0.212 e. The van der Waals surface area contributed by atoms with Gasteiger partial charge in [0.25, 0.3) is 0 Å². The highest BCUT2D eigenvalue weighted by Gasteiger charge is 2.23. The van der Waals surface area contributed by atoms with Gasteiger partial charge < -0.3 is 14.7 Å². The van der Waals surface area contributed by atoms with E-state index in [0.717, 1.165) is 62.0 Å². The quantitative estimate of drug-likeness (QED) is 0.0491. The van der Waals surface area contributed by atoms with Gasteiger partial charge in [0.15, 0.2) is 5.71 Å². The van der Waals surface area contributed by atoms with Crippen molar-refractivity contribution in [1.82, 2.24) is 4.58 Å². The number of nitrogens with zero attached hydrogens (tertiary/aromatic N) is 5. The summed E-state index contributed by atoms with van der Waals surface area (Å²) in [5.74, 6) is 0. The Morgan fingerprint density at radius 2 is 0.695 bits per heavy atom. The van der Waals surface area contributed by atoms with E-state index in [4.69, 9.17) is 0 Å². The standard InChI is InChI=1S/C54H75N5/c1-7-13-40-55(41-14-8-2)46-24-30-50(31-25-46)58(49-22-20-19-21-23-49)53-36-38-54(39-37-53)59(51-32-26-47(27-33-51)56(42-15-9-3)43-16-10-4)52-34-28-48(29-35-52)57(44-17-11-5)45-18-12-6/h19-39H,7-18,40-45H2,1-6H3/q+2. The number of rotatable bonds is 25. The van der Waals surface area contributed by atoms with Crippen LogP contribution in [-0.4, -0.2) is 55.3 Å². The predicted octanol–water partition coefficient (Wildman–Crippen LogP) is 14.4. The summed E-state index contributed by atoms with van der Waals surface area (Å²) in [7, 11) is 0. The molecular weight excluding hydrogens is 719 g/mol. The van der Waals surface area contributed by atoms with Crippen LogP contribution in [0.15, 0.2) is 127 Å². The Bertz CT molecular complexity index is 1880. The minimum Gasteiger partial charge on any atom is -0.372 e. The zero-order valence-electron chi connectivity index (χ0n) is 37.6. The van der Waals surface area contributed by atoms with Gasteiger partial charge in [-0.05, 0) is 86.3 Å². The molecule has 4 aromatic rings. The second-order valence-corrected chi connectivity index (χ2v) is 16.2. The van der Waals surface area contributed by atoms with Crippen molar-refractivity contribution in [3.05, 3.63) is 127 Å². The smallest absolute Gasteiger partial charge is 0.212 e. The number of benzene rings is 4. The van der Waals surface area contributed by atoms with Gasteiger partial charge in [0.05, 0.1) is 0 Å². The molecular formula is C54H75N5+2. The molecule has 5 rings (SSSR count). The summed E-state index contributed by atoms with van der Waals surface area (Å²) in [6.45, 7) is 20.3. The van der Waals surface area contributed by atoms with Gasteiger partial charge in [0, 0.05) is 116 Å². The Morgan fingerprint density at radius 1 is 0.356 bits per heavy atom. The van der Waals surface area contributed by atoms with Crippen molar-refractivity contribution in [2.24, 2.45) is 0 Å². The van der Waals surface area contributed by atoms with E-state index in [0.29, 0.717) is 0 Å². The summed E-state index contributed by atoms with van der Waals surface area (Å²) < 4.78 is 5.00. The number of anilines is 5. The summed E-state index contributed by atoms with van der Waals surface area (Å²) in [5.41, 5.74) is 10.9. The van der Waals surface area contributed by atoms with Gasteiger partial charge in [-0.2, -0.15) is 4.58 Å². The molecule has 1 aliphatic carbocycles. The van der Waals surface area contributed by atoms with E-state index < -0.39 is 0 Å². The van der Waals surface area contributed by atoms with Gasteiger partial charge in [-0.15, -0.1) is 0 Å². The molecule has 59 heavy (non-hydrogen) atoms. The van der Waals surface area contributed by atoms with Crippen LogP contribution in [0.4, 0.5) is 39.8 Å². The minimum atomic E-state index is 1.10. The van der Waals surface area contributed by atoms with Crippen molar-refractivity contribution in [2.75, 3.05) is 54.0 Å². The molecule has 0 heterocycles. The number of unbranched alkanes of at least 4 members (excludes halogenated alkanes) is 6. The van der Waals surface area contributed by atoms with E-state index in [9.17, 15) is 0 Å². The average Bonchev–Trinajstić information content (AvgIpc) is 3.28.